The highest BCUT2D eigenvalue weighted by molar-refractivity contribution is 7.99. The van der Waals surface area contributed by atoms with E-state index in [9.17, 15) is 0 Å². The van der Waals surface area contributed by atoms with E-state index in [-0.39, 0.29) is 0 Å². The van der Waals surface area contributed by atoms with Gasteiger partial charge in [-0.1, -0.05) is 13.8 Å². The highest BCUT2D eigenvalue weighted by Gasteiger charge is 2.28. The molecule has 1 aliphatic heterocycles. The Morgan fingerprint density at radius 2 is 2.44 bits per heavy atom. The van der Waals surface area contributed by atoms with Gasteiger partial charge < -0.3 is 5.32 Å². The van der Waals surface area contributed by atoms with Crippen molar-refractivity contribution in [1.29, 1.82) is 0 Å². The zero-order chi connectivity index (χ0) is 11.6. The van der Waals surface area contributed by atoms with Crippen molar-refractivity contribution in [3.8, 4) is 0 Å². The number of H-pyrrole nitrogens is 1. The fourth-order valence-corrected chi connectivity index (χ4v) is 3.51. The molecule has 1 saturated heterocycles. The van der Waals surface area contributed by atoms with Crippen LogP contribution < -0.4 is 5.32 Å². The highest BCUT2D eigenvalue weighted by atomic mass is 32.2. The zero-order valence-corrected chi connectivity index (χ0v) is 11.2. The lowest BCUT2D eigenvalue weighted by Crippen LogP contribution is -2.40. The third-order valence-electron chi connectivity index (χ3n) is 3.13. The lowest BCUT2D eigenvalue weighted by Gasteiger charge is -2.35. The first-order valence-electron chi connectivity index (χ1n) is 5.87. The first kappa shape index (κ1) is 12.0. The third-order valence-corrected chi connectivity index (χ3v) is 4.75. The maximum Gasteiger partial charge on any atom is 0.0535 e. The molecule has 0 amide bonds. The summed E-state index contributed by atoms with van der Waals surface area (Å²) in [7, 11) is 0. The van der Waals surface area contributed by atoms with Crippen molar-refractivity contribution in [3.63, 3.8) is 0 Å². The highest BCUT2D eigenvalue weighted by Crippen LogP contribution is 2.33. The van der Waals surface area contributed by atoms with Crippen molar-refractivity contribution < 1.29 is 0 Å². The van der Waals surface area contributed by atoms with E-state index in [0.717, 1.165) is 6.54 Å². The van der Waals surface area contributed by atoms with Crippen molar-refractivity contribution in [1.82, 2.24) is 15.5 Å². The number of aromatic nitrogens is 2. The Morgan fingerprint density at radius 3 is 3.06 bits per heavy atom. The molecule has 16 heavy (non-hydrogen) atoms. The van der Waals surface area contributed by atoms with Gasteiger partial charge in [-0.05, 0) is 24.5 Å². The van der Waals surface area contributed by atoms with Crippen LogP contribution in [0.15, 0.2) is 6.20 Å². The minimum Gasteiger partial charge on any atom is -0.309 e. The standard InChI is InChI=1S/C12H21N3S/c1-9-10(6-14-15-9)5-13-11-4-12(2,3)8-16-7-11/h6,11,13H,4-5,7-8H2,1-3H3,(H,14,15). The molecule has 0 spiro atoms. The summed E-state index contributed by atoms with van der Waals surface area (Å²) in [5.41, 5.74) is 2.94. The second-order valence-electron chi connectivity index (χ2n) is 5.48. The van der Waals surface area contributed by atoms with Gasteiger partial charge in [0, 0.05) is 29.6 Å². The first-order chi connectivity index (χ1) is 7.57. The summed E-state index contributed by atoms with van der Waals surface area (Å²) in [6.07, 6.45) is 3.19. The summed E-state index contributed by atoms with van der Waals surface area (Å²) in [6.45, 7) is 7.72. The van der Waals surface area contributed by atoms with Crippen LogP contribution in [0.1, 0.15) is 31.5 Å². The van der Waals surface area contributed by atoms with E-state index in [1.807, 2.05) is 6.20 Å². The van der Waals surface area contributed by atoms with Gasteiger partial charge in [0.05, 0.1) is 6.20 Å². The van der Waals surface area contributed by atoms with Crippen molar-refractivity contribution in [2.45, 2.75) is 39.8 Å². The Hall–Kier alpha value is -0.480. The molecule has 4 heteroatoms. The maximum atomic E-state index is 4.04. The zero-order valence-electron chi connectivity index (χ0n) is 10.3. The number of nitrogens with one attached hydrogen (secondary N) is 2. The third kappa shape index (κ3) is 3.01. The minimum atomic E-state index is 0.478. The number of thioether (sulfide) groups is 1. The Labute approximate surface area is 102 Å². The molecule has 0 bridgehead atoms. The van der Waals surface area contributed by atoms with Gasteiger partial charge >= 0.3 is 0 Å². The van der Waals surface area contributed by atoms with E-state index in [2.05, 4.69) is 48.0 Å². The average Bonchev–Trinajstić information content (AvgIpc) is 2.60. The van der Waals surface area contributed by atoms with Crippen LogP contribution in [-0.4, -0.2) is 27.7 Å². The molecule has 0 aromatic carbocycles. The quantitative estimate of drug-likeness (QED) is 0.850. The molecule has 1 atom stereocenters. The monoisotopic (exact) mass is 239 g/mol. The normalized spacial score (nSPS) is 24.6. The molecule has 0 radical (unpaired) electrons. The number of rotatable bonds is 3. The molecule has 2 rings (SSSR count). The fourth-order valence-electron chi connectivity index (χ4n) is 2.20. The molecule has 0 saturated carbocycles. The second kappa shape index (κ2) is 4.80. The van der Waals surface area contributed by atoms with Gasteiger partial charge in [0.25, 0.3) is 0 Å². The van der Waals surface area contributed by atoms with Gasteiger partial charge in [-0.2, -0.15) is 16.9 Å². The molecule has 1 aromatic rings. The molecule has 3 nitrogen and oxygen atoms in total. The van der Waals surface area contributed by atoms with Crippen LogP contribution in [0.5, 0.6) is 0 Å². The molecular formula is C12H21N3S. The van der Waals surface area contributed by atoms with Crippen LogP contribution in [0.3, 0.4) is 0 Å². The summed E-state index contributed by atoms with van der Waals surface area (Å²) in [5, 5.41) is 10.7. The molecule has 1 fully saturated rings. The van der Waals surface area contributed by atoms with Gasteiger partial charge in [-0.25, -0.2) is 0 Å². The van der Waals surface area contributed by atoms with Crippen molar-refractivity contribution in [2.24, 2.45) is 5.41 Å². The lowest BCUT2D eigenvalue weighted by molar-refractivity contribution is 0.317. The molecule has 0 aliphatic carbocycles. The SMILES string of the molecule is Cc1[nH]ncc1CNC1CSCC(C)(C)C1. The largest absolute Gasteiger partial charge is 0.309 e. The Kier molecular flexibility index (Phi) is 3.60. The summed E-state index contributed by atoms with van der Waals surface area (Å²) >= 11 is 2.07. The van der Waals surface area contributed by atoms with Crippen molar-refractivity contribution in [2.75, 3.05) is 11.5 Å². The molecule has 1 aliphatic rings. The minimum absolute atomic E-state index is 0.478. The van der Waals surface area contributed by atoms with Crippen molar-refractivity contribution >= 4 is 11.8 Å². The van der Waals surface area contributed by atoms with Crippen LogP contribution in [0.4, 0.5) is 0 Å². The number of hydrogen-bond acceptors (Lipinski definition) is 3. The van der Waals surface area contributed by atoms with Gasteiger partial charge in [0.15, 0.2) is 0 Å². The summed E-state index contributed by atoms with van der Waals surface area (Å²) in [5.74, 6) is 2.52. The first-order valence-corrected chi connectivity index (χ1v) is 7.02. The van der Waals surface area contributed by atoms with E-state index in [4.69, 9.17) is 0 Å². The molecule has 90 valence electrons. The van der Waals surface area contributed by atoms with Crippen LogP contribution in [0, 0.1) is 12.3 Å². The molecule has 1 aromatic heterocycles. The van der Waals surface area contributed by atoms with E-state index in [0.29, 0.717) is 11.5 Å². The summed E-state index contributed by atoms with van der Waals surface area (Å²) < 4.78 is 0. The van der Waals surface area contributed by atoms with Gasteiger partial charge in [0.2, 0.25) is 0 Å². The predicted octanol–water partition coefficient (Wildman–Crippen LogP) is 2.34. The molecule has 1 unspecified atom stereocenters. The van der Waals surface area contributed by atoms with Crippen LogP contribution >= 0.6 is 11.8 Å². The van der Waals surface area contributed by atoms with Crippen LogP contribution in [0.2, 0.25) is 0 Å². The predicted molar refractivity (Wildman–Crippen MR) is 69.7 cm³/mol. The summed E-state index contributed by atoms with van der Waals surface area (Å²) in [6, 6.07) is 0.642. The maximum absolute atomic E-state index is 4.04. The summed E-state index contributed by atoms with van der Waals surface area (Å²) in [4.78, 5) is 0. The fraction of sp³-hybridized carbons (Fsp3) is 0.750. The van der Waals surface area contributed by atoms with E-state index in [1.54, 1.807) is 0 Å². The Bertz CT molecular complexity index is 346. The van der Waals surface area contributed by atoms with E-state index >= 15 is 0 Å². The number of aromatic amines is 1. The average molecular weight is 239 g/mol. The molecule has 2 heterocycles. The van der Waals surface area contributed by atoms with Crippen molar-refractivity contribution in [3.05, 3.63) is 17.5 Å². The number of hydrogen-bond donors (Lipinski definition) is 2. The number of nitrogens with zero attached hydrogens (tertiary/aromatic N) is 1. The second-order valence-corrected chi connectivity index (χ2v) is 6.51. The van der Waals surface area contributed by atoms with Gasteiger partial charge in [-0.15, -0.1) is 0 Å². The van der Waals surface area contributed by atoms with Gasteiger partial charge in [0.1, 0.15) is 0 Å². The topological polar surface area (TPSA) is 40.7 Å². The van der Waals surface area contributed by atoms with Gasteiger partial charge in [-0.3, -0.25) is 5.10 Å². The van der Waals surface area contributed by atoms with Crippen LogP contribution in [0.25, 0.3) is 0 Å². The van der Waals surface area contributed by atoms with Crippen LogP contribution in [-0.2, 0) is 6.54 Å². The molecule has 2 N–H and O–H groups in total. The Balaban J connectivity index is 1.84. The number of aryl methyl sites for hydroxylation is 1. The molecular weight excluding hydrogens is 218 g/mol. The van der Waals surface area contributed by atoms with E-state index < -0.39 is 0 Å². The van der Waals surface area contributed by atoms with E-state index in [1.165, 1.54) is 29.2 Å². The smallest absolute Gasteiger partial charge is 0.0535 e. The Morgan fingerprint density at radius 1 is 1.62 bits per heavy atom. The lowest BCUT2D eigenvalue weighted by atomic mass is 9.88.